The molecule has 4 N–H and O–H groups in total. The van der Waals surface area contributed by atoms with E-state index in [4.69, 9.17) is 5.73 Å². The lowest BCUT2D eigenvalue weighted by Gasteiger charge is -2.21. The Hall–Kier alpha value is -1.55. The molecule has 0 aliphatic heterocycles. The van der Waals surface area contributed by atoms with Crippen LogP contribution < -0.4 is 11.1 Å². The van der Waals surface area contributed by atoms with Crippen molar-refractivity contribution in [2.45, 2.75) is 39.7 Å². The number of aromatic hydroxyl groups is 1. The standard InChI is InChI=1S/C15H24N2O2/c1-4-11(5-2)14(16)9-17-15(19)13-7-6-12(18)8-10(13)3/h6-8,11,14,18H,4-5,9,16H2,1-3H3,(H,17,19). The molecule has 0 saturated carbocycles. The molecule has 0 bridgehead atoms. The van der Waals surface area contributed by atoms with Crippen LogP contribution >= 0.6 is 0 Å². The predicted octanol–water partition coefficient (Wildman–Crippen LogP) is 2.19. The molecule has 0 aliphatic rings. The van der Waals surface area contributed by atoms with E-state index in [0.29, 0.717) is 18.0 Å². The maximum atomic E-state index is 12.0. The van der Waals surface area contributed by atoms with Gasteiger partial charge in [0, 0.05) is 18.2 Å². The third-order valence-corrected chi connectivity index (χ3v) is 3.61. The van der Waals surface area contributed by atoms with Gasteiger partial charge in [-0.1, -0.05) is 26.7 Å². The lowest BCUT2D eigenvalue weighted by molar-refractivity contribution is 0.0947. The molecule has 0 aromatic heterocycles. The number of carbonyl (C=O) groups is 1. The van der Waals surface area contributed by atoms with Gasteiger partial charge in [-0.05, 0) is 36.6 Å². The van der Waals surface area contributed by atoms with Crippen LogP contribution in [-0.4, -0.2) is 23.6 Å². The van der Waals surface area contributed by atoms with Crippen LogP contribution in [0.3, 0.4) is 0 Å². The molecule has 4 nitrogen and oxygen atoms in total. The molecule has 106 valence electrons. The van der Waals surface area contributed by atoms with Crippen LogP contribution in [0.1, 0.15) is 42.6 Å². The molecule has 0 aliphatic carbocycles. The Bertz CT molecular complexity index is 428. The summed E-state index contributed by atoms with van der Waals surface area (Å²) in [6.45, 7) is 6.50. The second kappa shape index (κ2) is 7.14. The average Bonchev–Trinajstić information content (AvgIpc) is 2.37. The van der Waals surface area contributed by atoms with Crippen LogP contribution in [0.5, 0.6) is 5.75 Å². The Morgan fingerprint density at radius 2 is 2.00 bits per heavy atom. The summed E-state index contributed by atoms with van der Waals surface area (Å²) in [5.41, 5.74) is 7.41. The molecule has 0 spiro atoms. The SMILES string of the molecule is CCC(CC)C(N)CNC(=O)c1ccc(O)cc1C. The molecule has 1 rings (SSSR count). The highest BCUT2D eigenvalue weighted by Crippen LogP contribution is 2.16. The molecule has 1 atom stereocenters. The van der Waals surface area contributed by atoms with Crippen molar-refractivity contribution in [3.63, 3.8) is 0 Å². The summed E-state index contributed by atoms with van der Waals surface area (Å²) in [5, 5.41) is 12.2. The van der Waals surface area contributed by atoms with Crippen molar-refractivity contribution in [1.29, 1.82) is 0 Å². The van der Waals surface area contributed by atoms with E-state index < -0.39 is 0 Å². The summed E-state index contributed by atoms with van der Waals surface area (Å²) in [7, 11) is 0. The molecule has 1 aromatic carbocycles. The summed E-state index contributed by atoms with van der Waals surface area (Å²) in [6.07, 6.45) is 2.04. The van der Waals surface area contributed by atoms with E-state index in [1.807, 2.05) is 0 Å². The molecule has 19 heavy (non-hydrogen) atoms. The van der Waals surface area contributed by atoms with Crippen LogP contribution in [0.4, 0.5) is 0 Å². The lowest BCUT2D eigenvalue weighted by atomic mass is 9.95. The van der Waals surface area contributed by atoms with Gasteiger partial charge in [0.05, 0.1) is 0 Å². The van der Waals surface area contributed by atoms with Crippen LogP contribution in [0.25, 0.3) is 0 Å². The highest BCUT2D eigenvalue weighted by atomic mass is 16.3. The minimum Gasteiger partial charge on any atom is -0.508 e. The molecule has 0 saturated heterocycles. The van der Waals surface area contributed by atoms with Crippen LogP contribution in [-0.2, 0) is 0 Å². The molecule has 0 fully saturated rings. The quantitative estimate of drug-likeness (QED) is 0.737. The van der Waals surface area contributed by atoms with Crippen molar-refractivity contribution in [2.24, 2.45) is 11.7 Å². The number of hydrogen-bond donors (Lipinski definition) is 3. The molecule has 1 unspecified atom stereocenters. The van der Waals surface area contributed by atoms with E-state index in [2.05, 4.69) is 19.2 Å². The Balaban J connectivity index is 2.60. The van der Waals surface area contributed by atoms with Crippen molar-refractivity contribution >= 4 is 5.91 Å². The largest absolute Gasteiger partial charge is 0.508 e. The van der Waals surface area contributed by atoms with Crippen LogP contribution in [0, 0.1) is 12.8 Å². The molecular formula is C15H24N2O2. The number of rotatable bonds is 6. The molecule has 4 heteroatoms. The van der Waals surface area contributed by atoms with Gasteiger partial charge in [0.15, 0.2) is 0 Å². The zero-order valence-electron chi connectivity index (χ0n) is 11.9. The Morgan fingerprint density at radius 3 is 2.53 bits per heavy atom. The summed E-state index contributed by atoms with van der Waals surface area (Å²) in [5.74, 6) is 0.461. The highest BCUT2D eigenvalue weighted by Gasteiger charge is 2.16. The normalized spacial score (nSPS) is 12.5. The zero-order valence-corrected chi connectivity index (χ0v) is 11.9. The van der Waals surface area contributed by atoms with E-state index in [1.54, 1.807) is 19.1 Å². The maximum absolute atomic E-state index is 12.0. The highest BCUT2D eigenvalue weighted by molar-refractivity contribution is 5.95. The number of carbonyl (C=O) groups excluding carboxylic acids is 1. The Labute approximate surface area is 115 Å². The van der Waals surface area contributed by atoms with Gasteiger partial charge in [-0.2, -0.15) is 0 Å². The maximum Gasteiger partial charge on any atom is 0.251 e. The van der Waals surface area contributed by atoms with Gasteiger partial charge in [-0.15, -0.1) is 0 Å². The first-order valence-electron chi connectivity index (χ1n) is 6.82. The Kier molecular flexibility index (Phi) is 5.83. The number of amides is 1. The minimum absolute atomic E-state index is 0.0172. The molecule has 0 heterocycles. The zero-order chi connectivity index (χ0) is 14.4. The van der Waals surface area contributed by atoms with E-state index in [1.165, 1.54) is 6.07 Å². The van der Waals surface area contributed by atoms with E-state index in [9.17, 15) is 9.90 Å². The molecule has 1 aromatic rings. The van der Waals surface area contributed by atoms with Gasteiger partial charge in [0.1, 0.15) is 5.75 Å². The van der Waals surface area contributed by atoms with E-state index in [-0.39, 0.29) is 17.7 Å². The second-order valence-corrected chi connectivity index (χ2v) is 4.95. The molecule has 1 amide bonds. The summed E-state index contributed by atoms with van der Waals surface area (Å²) < 4.78 is 0. The first-order chi connectivity index (χ1) is 8.99. The fourth-order valence-electron chi connectivity index (χ4n) is 2.27. The molecular weight excluding hydrogens is 240 g/mol. The topological polar surface area (TPSA) is 75.3 Å². The lowest BCUT2D eigenvalue weighted by Crippen LogP contribution is -2.42. The number of hydrogen-bond acceptors (Lipinski definition) is 3. The summed E-state index contributed by atoms with van der Waals surface area (Å²) in [4.78, 5) is 12.0. The van der Waals surface area contributed by atoms with Crippen LogP contribution in [0.15, 0.2) is 18.2 Å². The van der Waals surface area contributed by atoms with Gasteiger partial charge < -0.3 is 16.2 Å². The number of benzene rings is 1. The Morgan fingerprint density at radius 1 is 1.37 bits per heavy atom. The van der Waals surface area contributed by atoms with Crippen molar-refractivity contribution in [1.82, 2.24) is 5.32 Å². The van der Waals surface area contributed by atoms with E-state index >= 15 is 0 Å². The van der Waals surface area contributed by atoms with Gasteiger partial charge in [-0.3, -0.25) is 4.79 Å². The third kappa shape index (κ3) is 4.24. The third-order valence-electron chi connectivity index (χ3n) is 3.61. The summed E-state index contributed by atoms with van der Waals surface area (Å²) >= 11 is 0. The van der Waals surface area contributed by atoms with Crippen molar-refractivity contribution < 1.29 is 9.90 Å². The van der Waals surface area contributed by atoms with Gasteiger partial charge in [-0.25, -0.2) is 0 Å². The number of nitrogens with one attached hydrogen (secondary N) is 1. The van der Waals surface area contributed by atoms with Gasteiger partial charge in [0.2, 0.25) is 0 Å². The van der Waals surface area contributed by atoms with Crippen molar-refractivity contribution in [3.05, 3.63) is 29.3 Å². The average molecular weight is 264 g/mol. The molecule has 0 radical (unpaired) electrons. The number of phenols is 1. The number of aryl methyl sites for hydroxylation is 1. The smallest absolute Gasteiger partial charge is 0.251 e. The second-order valence-electron chi connectivity index (χ2n) is 4.95. The fourth-order valence-corrected chi connectivity index (χ4v) is 2.27. The monoisotopic (exact) mass is 264 g/mol. The van der Waals surface area contributed by atoms with E-state index in [0.717, 1.165) is 18.4 Å². The fraction of sp³-hybridized carbons (Fsp3) is 0.533. The first-order valence-corrected chi connectivity index (χ1v) is 6.82. The number of nitrogens with two attached hydrogens (primary N) is 1. The summed E-state index contributed by atoms with van der Waals surface area (Å²) in [6, 6.07) is 4.71. The first kappa shape index (κ1) is 15.5. The van der Waals surface area contributed by atoms with Crippen molar-refractivity contribution in [3.8, 4) is 5.75 Å². The number of phenolic OH excluding ortho intramolecular Hbond substituents is 1. The van der Waals surface area contributed by atoms with Gasteiger partial charge >= 0.3 is 0 Å². The van der Waals surface area contributed by atoms with Gasteiger partial charge in [0.25, 0.3) is 5.91 Å². The van der Waals surface area contributed by atoms with Crippen molar-refractivity contribution in [2.75, 3.05) is 6.54 Å². The predicted molar refractivity (Wildman–Crippen MR) is 77.2 cm³/mol. The van der Waals surface area contributed by atoms with Crippen LogP contribution in [0.2, 0.25) is 0 Å². The minimum atomic E-state index is -0.140.